The number of nitrogens with one attached hydrogen (secondary N) is 2. The van der Waals surface area contributed by atoms with Crippen molar-refractivity contribution in [3.8, 4) is 0 Å². The van der Waals surface area contributed by atoms with Crippen molar-refractivity contribution in [3.63, 3.8) is 0 Å². The van der Waals surface area contributed by atoms with Crippen molar-refractivity contribution in [3.05, 3.63) is 16.6 Å². The summed E-state index contributed by atoms with van der Waals surface area (Å²) in [4.78, 5) is 4.41. The van der Waals surface area contributed by atoms with Gasteiger partial charge < -0.3 is 10.6 Å². The molecule has 96 valence electrons. The van der Waals surface area contributed by atoms with Gasteiger partial charge in [0.15, 0.2) is 0 Å². The van der Waals surface area contributed by atoms with Gasteiger partial charge in [-0.3, -0.25) is 0 Å². The van der Waals surface area contributed by atoms with E-state index in [2.05, 4.69) is 36.4 Å². The first-order valence-corrected chi connectivity index (χ1v) is 7.36. The Balaban J connectivity index is 1.88. The van der Waals surface area contributed by atoms with Crippen LogP contribution in [0.15, 0.2) is 11.6 Å². The molecule has 2 N–H and O–H groups in total. The lowest BCUT2D eigenvalue weighted by Crippen LogP contribution is -2.50. The molecule has 0 amide bonds. The van der Waals surface area contributed by atoms with Crippen LogP contribution in [-0.4, -0.2) is 24.1 Å². The Morgan fingerprint density at radius 1 is 1.59 bits per heavy atom. The van der Waals surface area contributed by atoms with Crippen molar-refractivity contribution in [2.75, 3.05) is 13.1 Å². The molecule has 0 aliphatic carbocycles. The normalized spacial score (nSPS) is 26.1. The quantitative estimate of drug-likeness (QED) is 0.865. The molecule has 3 nitrogen and oxygen atoms in total. The molecule has 2 unspecified atom stereocenters. The molecular formula is C13H23N3S. The Morgan fingerprint density at radius 3 is 3.06 bits per heavy atom. The SMILES string of the molecule is CC1CCCNC1CNC(C)(C)c1nccs1. The zero-order valence-corrected chi connectivity index (χ0v) is 11.8. The molecule has 0 bridgehead atoms. The van der Waals surface area contributed by atoms with Gasteiger partial charge in [-0.15, -0.1) is 11.3 Å². The van der Waals surface area contributed by atoms with E-state index in [1.165, 1.54) is 17.8 Å². The van der Waals surface area contributed by atoms with Crippen LogP contribution in [0, 0.1) is 5.92 Å². The van der Waals surface area contributed by atoms with Crippen molar-refractivity contribution < 1.29 is 0 Å². The molecule has 1 aliphatic rings. The van der Waals surface area contributed by atoms with Crippen molar-refractivity contribution in [1.29, 1.82) is 0 Å². The number of thiazole rings is 1. The predicted octanol–water partition coefficient (Wildman–Crippen LogP) is 2.36. The lowest BCUT2D eigenvalue weighted by molar-refractivity contribution is 0.264. The van der Waals surface area contributed by atoms with Gasteiger partial charge in [0, 0.05) is 24.2 Å². The highest BCUT2D eigenvalue weighted by molar-refractivity contribution is 7.09. The summed E-state index contributed by atoms with van der Waals surface area (Å²) < 4.78 is 0. The average Bonchev–Trinajstić information content (AvgIpc) is 2.82. The maximum atomic E-state index is 4.41. The molecule has 4 heteroatoms. The number of piperidine rings is 1. The van der Waals surface area contributed by atoms with Gasteiger partial charge in [0.2, 0.25) is 0 Å². The molecular weight excluding hydrogens is 230 g/mol. The molecule has 1 saturated heterocycles. The molecule has 2 heterocycles. The van der Waals surface area contributed by atoms with Gasteiger partial charge >= 0.3 is 0 Å². The molecule has 1 aromatic rings. The summed E-state index contributed by atoms with van der Waals surface area (Å²) in [5.74, 6) is 0.767. The van der Waals surface area contributed by atoms with Crippen LogP contribution in [-0.2, 0) is 5.54 Å². The summed E-state index contributed by atoms with van der Waals surface area (Å²) in [6.45, 7) is 8.94. The summed E-state index contributed by atoms with van der Waals surface area (Å²) >= 11 is 1.72. The van der Waals surface area contributed by atoms with Gasteiger partial charge in [-0.1, -0.05) is 6.92 Å². The average molecular weight is 253 g/mol. The Labute approximate surface area is 108 Å². The van der Waals surface area contributed by atoms with E-state index in [4.69, 9.17) is 0 Å². The molecule has 17 heavy (non-hydrogen) atoms. The second kappa shape index (κ2) is 5.46. The monoisotopic (exact) mass is 253 g/mol. The van der Waals surface area contributed by atoms with E-state index < -0.39 is 0 Å². The molecule has 0 aromatic carbocycles. The summed E-state index contributed by atoms with van der Waals surface area (Å²) in [5.41, 5.74) is -0.0208. The Bertz CT molecular complexity index is 334. The fraction of sp³-hybridized carbons (Fsp3) is 0.769. The molecule has 1 fully saturated rings. The molecule has 0 spiro atoms. The number of hydrogen-bond donors (Lipinski definition) is 2. The van der Waals surface area contributed by atoms with Crippen molar-refractivity contribution in [2.45, 2.75) is 45.2 Å². The van der Waals surface area contributed by atoms with Crippen LogP contribution in [0.1, 0.15) is 38.6 Å². The summed E-state index contributed by atoms with van der Waals surface area (Å²) in [7, 11) is 0. The summed E-state index contributed by atoms with van der Waals surface area (Å²) in [5, 5.41) is 10.5. The number of hydrogen-bond acceptors (Lipinski definition) is 4. The Morgan fingerprint density at radius 2 is 2.41 bits per heavy atom. The summed E-state index contributed by atoms with van der Waals surface area (Å²) in [6.07, 6.45) is 4.54. The van der Waals surface area contributed by atoms with E-state index in [-0.39, 0.29) is 5.54 Å². The van der Waals surface area contributed by atoms with Crippen molar-refractivity contribution >= 4 is 11.3 Å². The molecule has 1 aliphatic heterocycles. The zero-order chi connectivity index (χ0) is 12.3. The van der Waals surface area contributed by atoms with Gasteiger partial charge in [0.1, 0.15) is 5.01 Å². The van der Waals surface area contributed by atoms with Crippen LogP contribution in [0.2, 0.25) is 0 Å². The minimum atomic E-state index is -0.0208. The largest absolute Gasteiger partial charge is 0.312 e. The Kier molecular flexibility index (Phi) is 4.17. The van der Waals surface area contributed by atoms with Gasteiger partial charge in [-0.2, -0.15) is 0 Å². The highest BCUT2D eigenvalue weighted by Gasteiger charge is 2.26. The van der Waals surface area contributed by atoms with Gasteiger partial charge in [0.25, 0.3) is 0 Å². The maximum Gasteiger partial charge on any atom is 0.112 e. The molecule has 0 radical (unpaired) electrons. The molecule has 0 saturated carbocycles. The highest BCUT2D eigenvalue weighted by Crippen LogP contribution is 2.23. The van der Waals surface area contributed by atoms with Crippen LogP contribution in [0.25, 0.3) is 0 Å². The third kappa shape index (κ3) is 3.27. The van der Waals surface area contributed by atoms with Crippen LogP contribution >= 0.6 is 11.3 Å². The lowest BCUT2D eigenvalue weighted by Gasteiger charge is -2.33. The third-order valence-electron chi connectivity index (χ3n) is 3.66. The maximum absolute atomic E-state index is 4.41. The second-order valence-corrected chi connectivity index (χ2v) is 6.42. The van der Waals surface area contributed by atoms with Crippen LogP contribution < -0.4 is 10.6 Å². The summed E-state index contributed by atoms with van der Waals surface area (Å²) in [6, 6.07) is 0.600. The second-order valence-electron chi connectivity index (χ2n) is 5.52. The molecule has 2 rings (SSSR count). The van der Waals surface area contributed by atoms with E-state index in [1.54, 1.807) is 11.3 Å². The van der Waals surface area contributed by atoms with Gasteiger partial charge in [0.05, 0.1) is 5.54 Å². The smallest absolute Gasteiger partial charge is 0.112 e. The van der Waals surface area contributed by atoms with E-state index >= 15 is 0 Å². The van der Waals surface area contributed by atoms with Crippen molar-refractivity contribution in [1.82, 2.24) is 15.6 Å². The topological polar surface area (TPSA) is 37.0 Å². The molecule has 1 aromatic heterocycles. The van der Waals surface area contributed by atoms with Crippen LogP contribution in [0.5, 0.6) is 0 Å². The fourth-order valence-corrected chi connectivity index (χ4v) is 3.10. The number of aromatic nitrogens is 1. The van der Waals surface area contributed by atoms with Crippen LogP contribution in [0.4, 0.5) is 0 Å². The van der Waals surface area contributed by atoms with Gasteiger partial charge in [-0.25, -0.2) is 4.98 Å². The van der Waals surface area contributed by atoms with E-state index in [1.807, 2.05) is 11.6 Å². The number of rotatable bonds is 4. The van der Waals surface area contributed by atoms with Crippen molar-refractivity contribution in [2.24, 2.45) is 5.92 Å². The van der Waals surface area contributed by atoms with E-state index in [0.717, 1.165) is 19.0 Å². The highest BCUT2D eigenvalue weighted by atomic mass is 32.1. The Hall–Kier alpha value is -0.450. The third-order valence-corrected chi connectivity index (χ3v) is 4.76. The number of nitrogens with zero attached hydrogens (tertiary/aromatic N) is 1. The van der Waals surface area contributed by atoms with Gasteiger partial charge in [-0.05, 0) is 39.2 Å². The van der Waals surface area contributed by atoms with E-state index in [9.17, 15) is 0 Å². The minimum Gasteiger partial charge on any atom is -0.312 e. The first kappa shape index (κ1) is 13.0. The zero-order valence-electron chi connectivity index (χ0n) is 11.0. The first-order chi connectivity index (χ1) is 8.09. The first-order valence-electron chi connectivity index (χ1n) is 6.48. The van der Waals surface area contributed by atoms with E-state index in [0.29, 0.717) is 6.04 Å². The predicted molar refractivity (Wildman–Crippen MR) is 73.3 cm³/mol. The molecule has 2 atom stereocenters. The lowest BCUT2D eigenvalue weighted by atomic mass is 9.92. The van der Waals surface area contributed by atoms with Crippen LogP contribution in [0.3, 0.4) is 0 Å². The minimum absolute atomic E-state index is 0.0208. The fourth-order valence-electron chi connectivity index (χ4n) is 2.36. The standard InChI is InChI=1S/C13H23N3S/c1-10-5-4-6-14-11(10)9-16-13(2,3)12-15-7-8-17-12/h7-8,10-11,14,16H,4-6,9H2,1-3H3.